The van der Waals surface area contributed by atoms with Gasteiger partial charge in [0.2, 0.25) is 5.78 Å². The maximum absolute atomic E-state index is 11.1. The molecule has 68 valence electrons. The number of halogens is 1. The van der Waals surface area contributed by atoms with Crippen LogP contribution in [0.15, 0.2) is 18.2 Å². The minimum atomic E-state index is -0.678. The highest BCUT2D eigenvalue weighted by molar-refractivity contribution is 6.41. The number of methoxy groups -OCH3 is 1. The molecule has 1 aromatic rings. The lowest BCUT2D eigenvalue weighted by molar-refractivity contribution is -0.104. The van der Waals surface area contributed by atoms with E-state index in [1.165, 1.54) is 13.2 Å². The molecule has 0 aliphatic rings. The van der Waals surface area contributed by atoms with Crippen molar-refractivity contribution in [1.82, 2.24) is 0 Å². The van der Waals surface area contributed by atoms with Crippen LogP contribution in [-0.2, 0) is 4.79 Å². The van der Waals surface area contributed by atoms with Crippen molar-refractivity contribution in [2.45, 2.75) is 0 Å². The van der Waals surface area contributed by atoms with Crippen LogP contribution in [0.5, 0.6) is 5.75 Å². The van der Waals surface area contributed by atoms with Crippen molar-refractivity contribution in [2.75, 3.05) is 7.11 Å². The van der Waals surface area contributed by atoms with Gasteiger partial charge in [-0.25, -0.2) is 0 Å². The summed E-state index contributed by atoms with van der Waals surface area (Å²) in [5.74, 6) is -0.368. The molecule has 0 radical (unpaired) electrons. The van der Waals surface area contributed by atoms with Gasteiger partial charge in [0, 0.05) is 0 Å². The Hall–Kier alpha value is -1.35. The summed E-state index contributed by atoms with van der Waals surface area (Å²) in [4.78, 5) is 21.3. The van der Waals surface area contributed by atoms with Crippen molar-refractivity contribution in [3.63, 3.8) is 0 Å². The highest BCUT2D eigenvalue weighted by Gasteiger charge is 2.14. The smallest absolute Gasteiger partial charge is 0.230 e. The van der Waals surface area contributed by atoms with Crippen LogP contribution in [0.1, 0.15) is 10.4 Å². The number of carbonyl (C=O) groups excluding carboxylic acids is 2. The second-order valence-electron chi connectivity index (χ2n) is 2.30. The number of Topliss-reactive ketones (excluding diaryl/α,β-unsaturated/α-hetero) is 1. The molecule has 0 aliphatic heterocycles. The molecule has 0 heterocycles. The topological polar surface area (TPSA) is 43.4 Å². The second kappa shape index (κ2) is 4.05. The minimum Gasteiger partial charge on any atom is -0.496 e. The Balaban J connectivity index is 3.30. The number of ether oxygens (including phenoxy) is 1. The molecular weight excluding hydrogens is 192 g/mol. The molecule has 0 N–H and O–H groups in total. The normalized spacial score (nSPS) is 9.38. The van der Waals surface area contributed by atoms with E-state index in [0.717, 1.165) is 0 Å². The molecule has 0 amide bonds. The number of hydrogen-bond acceptors (Lipinski definition) is 3. The molecule has 3 nitrogen and oxygen atoms in total. The number of carbonyl (C=O) groups is 2. The van der Waals surface area contributed by atoms with Crippen LogP contribution >= 0.6 is 11.6 Å². The number of rotatable bonds is 3. The number of hydrogen-bond donors (Lipinski definition) is 0. The third-order valence-corrected chi connectivity index (χ3v) is 1.86. The van der Waals surface area contributed by atoms with E-state index in [9.17, 15) is 9.59 Å². The lowest BCUT2D eigenvalue weighted by Gasteiger charge is -2.05. The molecule has 0 saturated carbocycles. The van der Waals surface area contributed by atoms with E-state index < -0.39 is 5.78 Å². The van der Waals surface area contributed by atoms with Crippen molar-refractivity contribution in [1.29, 1.82) is 0 Å². The molecule has 0 aromatic heterocycles. The molecule has 0 bridgehead atoms. The van der Waals surface area contributed by atoms with Gasteiger partial charge in [0.1, 0.15) is 5.75 Å². The maximum Gasteiger partial charge on any atom is 0.230 e. The summed E-state index contributed by atoms with van der Waals surface area (Å²) in [5, 5.41) is 0.219. The molecule has 0 saturated heterocycles. The summed E-state index contributed by atoms with van der Waals surface area (Å²) in [5.41, 5.74) is 0.113. The fraction of sp³-hybridized carbons (Fsp3) is 0.111. The lowest BCUT2D eigenvalue weighted by atomic mass is 10.1. The first-order chi connectivity index (χ1) is 6.20. The highest BCUT2D eigenvalue weighted by Crippen LogP contribution is 2.25. The third kappa shape index (κ3) is 1.87. The maximum atomic E-state index is 11.1. The first-order valence-corrected chi connectivity index (χ1v) is 3.90. The molecule has 1 aromatic carbocycles. The Morgan fingerprint density at radius 1 is 1.54 bits per heavy atom. The third-order valence-electron chi connectivity index (χ3n) is 1.55. The monoisotopic (exact) mass is 198 g/mol. The van der Waals surface area contributed by atoms with Crippen LogP contribution in [0, 0.1) is 0 Å². The van der Waals surface area contributed by atoms with Crippen LogP contribution in [0.2, 0.25) is 5.02 Å². The molecular formula is C9H7ClO3. The quantitative estimate of drug-likeness (QED) is 0.422. The van der Waals surface area contributed by atoms with Crippen molar-refractivity contribution < 1.29 is 14.3 Å². The SMILES string of the molecule is COc1cccc(Cl)c1C(=O)C=O. The van der Waals surface area contributed by atoms with E-state index in [2.05, 4.69) is 0 Å². The summed E-state index contributed by atoms with van der Waals surface area (Å²) in [7, 11) is 1.41. The number of ketones is 1. The Bertz CT molecular complexity index is 347. The van der Waals surface area contributed by atoms with Gasteiger partial charge in [-0.3, -0.25) is 9.59 Å². The van der Waals surface area contributed by atoms with Crippen LogP contribution in [0.25, 0.3) is 0 Å². The van der Waals surface area contributed by atoms with Gasteiger partial charge in [-0.05, 0) is 12.1 Å². The van der Waals surface area contributed by atoms with Crippen LogP contribution < -0.4 is 4.74 Å². The summed E-state index contributed by atoms with van der Waals surface area (Å²) in [6, 6.07) is 4.74. The van der Waals surface area contributed by atoms with Crippen LogP contribution in [0.3, 0.4) is 0 Å². The molecule has 1 rings (SSSR count). The van der Waals surface area contributed by atoms with Crippen LogP contribution in [0.4, 0.5) is 0 Å². The second-order valence-corrected chi connectivity index (χ2v) is 2.71. The summed E-state index contributed by atoms with van der Waals surface area (Å²) in [6.45, 7) is 0. The molecule has 0 atom stereocenters. The van der Waals surface area contributed by atoms with Gasteiger partial charge in [0.25, 0.3) is 0 Å². The fourth-order valence-electron chi connectivity index (χ4n) is 0.973. The lowest BCUT2D eigenvalue weighted by Crippen LogP contribution is -2.03. The van der Waals surface area contributed by atoms with Crippen molar-refractivity contribution in [3.05, 3.63) is 28.8 Å². The summed E-state index contributed by atoms with van der Waals surface area (Å²) >= 11 is 5.72. The summed E-state index contributed by atoms with van der Waals surface area (Å²) in [6.07, 6.45) is 0.212. The zero-order valence-electron chi connectivity index (χ0n) is 6.91. The van der Waals surface area contributed by atoms with Crippen molar-refractivity contribution in [3.8, 4) is 5.75 Å². The Labute approximate surface area is 80.3 Å². The van der Waals surface area contributed by atoms with Gasteiger partial charge in [-0.2, -0.15) is 0 Å². The van der Waals surface area contributed by atoms with Crippen LogP contribution in [-0.4, -0.2) is 19.2 Å². The Morgan fingerprint density at radius 3 is 2.77 bits per heavy atom. The van der Waals surface area contributed by atoms with Gasteiger partial charge in [0.15, 0.2) is 6.29 Å². The average Bonchev–Trinajstić information content (AvgIpc) is 2.16. The minimum absolute atomic E-state index is 0.113. The number of benzene rings is 1. The molecule has 0 unspecified atom stereocenters. The van der Waals surface area contributed by atoms with E-state index in [1.807, 2.05) is 0 Å². The van der Waals surface area contributed by atoms with E-state index in [0.29, 0.717) is 5.75 Å². The van der Waals surface area contributed by atoms with E-state index in [4.69, 9.17) is 16.3 Å². The van der Waals surface area contributed by atoms with Gasteiger partial charge in [-0.1, -0.05) is 17.7 Å². The van der Waals surface area contributed by atoms with Gasteiger partial charge in [0.05, 0.1) is 17.7 Å². The van der Waals surface area contributed by atoms with E-state index in [1.54, 1.807) is 12.1 Å². The predicted molar refractivity (Wildman–Crippen MR) is 48.4 cm³/mol. The first-order valence-electron chi connectivity index (χ1n) is 3.52. The van der Waals surface area contributed by atoms with E-state index in [-0.39, 0.29) is 16.9 Å². The van der Waals surface area contributed by atoms with Gasteiger partial charge >= 0.3 is 0 Å². The van der Waals surface area contributed by atoms with Gasteiger partial charge < -0.3 is 4.74 Å². The zero-order valence-corrected chi connectivity index (χ0v) is 7.67. The molecule has 0 spiro atoms. The largest absolute Gasteiger partial charge is 0.496 e. The van der Waals surface area contributed by atoms with Crippen molar-refractivity contribution >= 4 is 23.7 Å². The van der Waals surface area contributed by atoms with Crippen molar-refractivity contribution in [2.24, 2.45) is 0 Å². The fourth-order valence-corrected chi connectivity index (χ4v) is 1.23. The van der Waals surface area contributed by atoms with E-state index >= 15 is 0 Å². The standard InChI is InChI=1S/C9H7ClO3/c1-13-8-4-2-3-6(10)9(8)7(12)5-11/h2-5H,1H3. The average molecular weight is 199 g/mol. The Kier molecular flexibility index (Phi) is 3.03. The predicted octanol–water partition coefficient (Wildman–Crippen LogP) is 1.73. The first kappa shape index (κ1) is 9.74. The summed E-state index contributed by atoms with van der Waals surface area (Å²) < 4.78 is 4.88. The Morgan fingerprint density at radius 2 is 2.23 bits per heavy atom. The molecule has 13 heavy (non-hydrogen) atoms. The molecule has 0 aliphatic carbocycles. The molecule has 4 heteroatoms. The number of aldehydes is 1. The zero-order chi connectivity index (χ0) is 9.84. The highest BCUT2D eigenvalue weighted by atomic mass is 35.5. The van der Waals surface area contributed by atoms with Gasteiger partial charge in [-0.15, -0.1) is 0 Å². The molecule has 0 fully saturated rings.